The van der Waals surface area contributed by atoms with Crippen LogP contribution in [0.25, 0.3) is 0 Å². The Morgan fingerprint density at radius 1 is 1.44 bits per heavy atom. The Kier molecular flexibility index (Phi) is 5.47. The van der Waals surface area contributed by atoms with Gasteiger partial charge in [0.15, 0.2) is 11.5 Å². The summed E-state index contributed by atoms with van der Waals surface area (Å²) in [7, 11) is 1.61. The standard InChI is InChI=1S/C16H18N6O2S/c1-23-13-4-2-3-12(9-19-21-16-20-14(17)10-25-16)15(13)24-8-7-22-6-5-18-11-22/h2-6,9-11H,7-8,17H2,1H3,(H,20,21). The molecular weight excluding hydrogens is 340 g/mol. The van der Waals surface area contributed by atoms with Crippen LogP contribution in [-0.2, 0) is 6.54 Å². The van der Waals surface area contributed by atoms with Crippen molar-refractivity contribution in [1.82, 2.24) is 14.5 Å². The largest absolute Gasteiger partial charge is 0.493 e. The predicted octanol–water partition coefficient (Wildman–Crippen LogP) is 2.46. The van der Waals surface area contributed by atoms with Crippen molar-refractivity contribution in [1.29, 1.82) is 0 Å². The van der Waals surface area contributed by atoms with Gasteiger partial charge in [-0.25, -0.2) is 9.97 Å². The van der Waals surface area contributed by atoms with Crippen LogP contribution in [0.2, 0.25) is 0 Å². The van der Waals surface area contributed by atoms with Crippen molar-refractivity contribution in [2.24, 2.45) is 5.10 Å². The number of hydrogen-bond acceptors (Lipinski definition) is 8. The Balaban J connectivity index is 1.69. The molecule has 0 aliphatic carbocycles. The zero-order valence-corrected chi connectivity index (χ0v) is 14.4. The third-order valence-electron chi connectivity index (χ3n) is 3.27. The normalized spacial score (nSPS) is 10.9. The molecule has 9 heteroatoms. The second kappa shape index (κ2) is 8.15. The molecule has 0 atom stereocenters. The minimum Gasteiger partial charge on any atom is -0.493 e. The van der Waals surface area contributed by atoms with E-state index in [1.54, 1.807) is 31.2 Å². The summed E-state index contributed by atoms with van der Waals surface area (Å²) < 4.78 is 13.2. The summed E-state index contributed by atoms with van der Waals surface area (Å²) in [5.41, 5.74) is 9.22. The van der Waals surface area contributed by atoms with Gasteiger partial charge in [0.05, 0.1) is 26.2 Å². The van der Waals surface area contributed by atoms with Crippen LogP contribution >= 0.6 is 11.3 Å². The van der Waals surface area contributed by atoms with Crippen molar-refractivity contribution >= 4 is 28.5 Å². The van der Waals surface area contributed by atoms with Gasteiger partial charge in [-0.3, -0.25) is 5.43 Å². The van der Waals surface area contributed by atoms with E-state index in [2.05, 4.69) is 20.5 Å². The molecule has 25 heavy (non-hydrogen) atoms. The highest BCUT2D eigenvalue weighted by molar-refractivity contribution is 7.14. The van der Waals surface area contributed by atoms with Crippen LogP contribution in [0.5, 0.6) is 11.5 Å². The first-order valence-corrected chi connectivity index (χ1v) is 8.40. The number of nitrogens with zero attached hydrogens (tertiary/aromatic N) is 4. The first kappa shape index (κ1) is 16.8. The number of aromatic nitrogens is 3. The van der Waals surface area contributed by atoms with Crippen LogP contribution in [0.4, 0.5) is 10.9 Å². The Bertz CT molecular complexity index is 831. The molecular formula is C16H18N6O2S. The molecule has 3 aromatic rings. The number of benzene rings is 1. The molecule has 0 aliphatic heterocycles. The molecule has 2 heterocycles. The van der Waals surface area contributed by atoms with Crippen molar-refractivity contribution in [3.05, 3.63) is 47.9 Å². The van der Waals surface area contributed by atoms with E-state index in [1.165, 1.54) is 11.3 Å². The molecule has 3 N–H and O–H groups in total. The van der Waals surface area contributed by atoms with Crippen LogP contribution in [0.15, 0.2) is 47.4 Å². The van der Waals surface area contributed by atoms with Gasteiger partial charge < -0.3 is 19.8 Å². The third-order valence-corrected chi connectivity index (χ3v) is 4.04. The SMILES string of the molecule is COc1cccc(C=NNc2nc(N)cs2)c1OCCn1ccnc1. The van der Waals surface area contributed by atoms with E-state index in [-0.39, 0.29) is 0 Å². The van der Waals surface area contributed by atoms with E-state index in [1.807, 2.05) is 29.0 Å². The van der Waals surface area contributed by atoms with E-state index in [0.29, 0.717) is 35.6 Å². The monoisotopic (exact) mass is 358 g/mol. The fraction of sp³-hybridized carbons (Fsp3) is 0.188. The lowest BCUT2D eigenvalue weighted by molar-refractivity contribution is 0.279. The van der Waals surface area contributed by atoms with Crippen molar-refractivity contribution in [2.75, 3.05) is 24.9 Å². The Hall–Kier alpha value is -3.07. The second-order valence-corrected chi connectivity index (χ2v) is 5.83. The first-order chi connectivity index (χ1) is 12.3. The van der Waals surface area contributed by atoms with E-state index in [0.717, 1.165) is 5.56 Å². The summed E-state index contributed by atoms with van der Waals surface area (Å²) in [5, 5.41) is 6.55. The maximum atomic E-state index is 5.91. The molecule has 0 bridgehead atoms. The van der Waals surface area contributed by atoms with E-state index < -0.39 is 0 Å². The zero-order valence-electron chi connectivity index (χ0n) is 13.6. The molecule has 1 aromatic carbocycles. The van der Waals surface area contributed by atoms with Crippen LogP contribution in [-0.4, -0.2) is 34.5 Å². The van der Waals surface area contributed by atoms with Crippen molar-refractivity contribution in [3.63, 3.8) is 0 Å². The van der Waals surface area contributed by atoms with Gasteiger partial charge in [0.25, 0.3) is 0 Å². The molecule has 0 aliphatic rings. The van der Waals surface area contributed by atoms with E-state index in [9.17, 15) is 0 Å². The van der Waals surface area contributed by atoms with Crippen LogP contribution < -0.4 is 20.6 Å². The summed E-state index contributed by atoms with van der Waals surface area (Å²) in [6.07, 6.45) is 7.03. The molecule has 0 unspecified atom stereocenters. The minimum atomic E-state index is 0.465. The summed E-state index contributed by atoms with van der Waals surface area (Å²) in [5.74, 6) is 1.75. The van der Waals surface area contributed by atoms with Gasteiger partial charge in [0, 0.05) is 23.3 Å². The molecule has 0 radical (unpaired) electrons. The van der Waals surface area contributed by atoms with Crippen molar-refractivity contribution < 1.29 is 9.47 Å². The number of anilines is 2. The highest BCUT2D eigenvalue weighted by Crippen LogP contribution is 2.30. The predicted molar refractivity (Wildman–Crippen MR) is 98.5 cm³/mol. The molecule has 3 rings (SSSR count). The van der Waals surface area contributed by atoms with Crippen LogP contribution in [0, 0.1) is 0 Å². The lowest BCUT2D eigenvalue weighted by Gasteiger charge is -2.13. The Morgan fingerprint density at radius 3 is 3.08 bits per heavy atom. The molecule has 0 amide bonds. The average molecular weight is 358 g/mol. The number of nitrogen functional groups attached to an aromatic ring is 1. The minimum absolute atomic E-state index is 0.465. The molecule has 8 nitrogen and oxygen atoms in total. The second-order valence-electron chi connectivity index (χ2n) is 4.98. The number of rotatable bonds is 8. The first-order valence-electron chi connectivity index (χ1n) is 7.52. The summed E-state index contributed by atoms with van der Waals surface area (Å²) in [4.78, 5) is 8.09. The number of nitrogens with two attached hydrogens (primary N) is 1. The molecule has 2 aromatic heterocycles. The van der Waals surface area contributed by atoms with Crippen molar-refractivity contribution in [3.8, 4) is 11.5 Å². The van der Waals surface area contributed by atoms with Gasteiger partial charge in [-0.15, -0.1) is 11.3 Å². The number of hydrogen-bond donors (Lipinski definition) is 2. The smallest absolute Gasteiger partial charge is 0.205 e. The Morgan fingerprint density at radius 2 is 2.36 bits per heavy atom. The number of methoxy groups -OCH3 is 1. The average Bonchev–Trinajstić information content (AvgIpc) is 3.27. The molecule has 0 fully saturated rings. The highest BCUT2D eigenvalue weighted by Gasteiger charge is 2.09. The van der Waals surface area contributed by atoms with Crippen molar-refractivity contribution in [2.45, 2.75) is 6.54 Å². The zero-order chi connectivity index (χ0) is 17.5. The van der Waals surface area contributed by atoms with Gasteiger partial charge in [0.2, 0.25) is 5.13 Å². The number of hydrazone groups is 1. The highest BCUT2D eigenvalue weighted by atomic mass is 32.1. The van der Waals surface area contributed by atoms with Gasteiger partial charge in [-0.2, -0.15) is 5.10 Å². The van der Waals surface area contributed by atoms with E-state index in [4.69, 9.17) is 15.2 Å². The van der Waals surface area contributed by atoms with Gasteiger partial charge in [-0.1, -0.05) is 6.07 Å². The number of nitrogens with one attached hydrogen (secondary N) is 1. The quantitative estimate of drug-likeness (QED) is 0.474. The lowest BCUT2D eigenvalue weighted by Crippen LogP contribution is -2.08. The van der Waals surface area contributed by atoms with Crippen LogP contribution in [0.1, 0.15) is 5.56 Å². The Labute approximate surface area is 148 Å². The molecule has 0 spiro atoms. The van der Waals surface area contributed by atoms with Crippen LogP contribution in [0.3, 0.4) is 0 Å². The molecule has 0 saturated heterocycles. The van der Waals surface area contributed by atoms with Gasteiger partial charge >= 0.3 is 0 Å². The number of para-hydroxylation sites is 1. The van der Waals surface area contributed by atoms with E-state index >= 15 is 0 Å². The maximum absolute atomic E-state index is 5.91. The lowest BCUT2D eigenvalue weighted by atomic mass is 10.2. The van der Waals surface area contributed by atoms with Gasteiger partial charge in [0.1, 0.15) is 12.4 Å². The molecule has 0 saturated carbocycles. The van der Waals surface area contributed by atoms with Gasteiger partial charge in [-0.05, 0) is 12.1 Å². The number of thiazole rings is 1. The summed E-state index contributed by atoms with van der Waals surface area (Å²) in [6, 6.07) is 5.62. The number of ether oxygens (including phenoxy) is 2. The fourth-order valence-electron chi connectivity index (χ4n) is 2.12. The maximum Gasteiger partial charge on any atom is 0.205 e. The summed E-state index contributed by atoms with van der Waals surface area (Å²) in [6.45, 7) is 1.17. The topological polar surface area (TPSA) is 99.6 Å². The third kappa shape index (κ3) is 4.48. The molecule has 130 valence electrons. The number of imidazole rings is 1. The summed E-state index contributed by atoms with van der Waals surface area (Å²) >= 11 is 1.38. The fourth-order valence-corrected chi connectivity index (χ4v) is 2.66.